The molecule has 7 atom stereocenters. The van der Waals surface area contributed by atoms with Gasteiger partial charge in [0.25, 0.3) is 0 Å². The molecular formula is C30H46O6. The second-order valence-corrected chi connectivity index (χ2v) is 10.1. The molecule has 202 valence electrons. The lowest BCUT2D eigenvalue weighted by Crippen LogP contribution is -2.28. The molecule has 0 bridgehead atoms. The van der Waals surface area contributed by atoms with Crippen molar-refractivity contribution in [2.24, 2.45) is 11.8 Å². The van der Waals surface area contributed by atoms with E-state index in [2.05, 4.69) is 50.3 Å². The van der Waals surface area contributed by atoms with Crippen molar-refractivity contribution in [1.29, 1.82) is 0 Å². The van der Waals surface area contributed by atoms with Crippen LogP contribution in [0.1, 0.15) is 78.2 Å². The Kier molecular flexibility index (Phi) is 12.4. The molecule has 1 saturated carbocycles. The molecule has 1 heterocycles. The number of hydrogen-bond donors (Lipinski definition) is 0. The molecular weight excluding hydrogens is 456 g/mol. The number of carbonyl (C=O) groups is 1. The Hall–Kier alpha value is -1.73. The molecule has 0 aromatic heterocycles. The minimum absolute atomic E-state index is 0.0472. The summed E-state index contributed by atoms with van der Waals surface area (Å²) in [7, 11) is 0. The lowest BCUT2D eigenvalue weighted by Gasteiger charge is -2.25. The van der Waals surface area contributed by atoms with Crippen molar-refractivity contribution in [3.63, 3.8) is 0 Å². The molecule has 0 spiro atoms. The number of benzene rings is 1. The second-order valence-electron chi connectivity index (χ2n) is 10.1. The fourth-order valence-corrected chi connectivity index (χ4v) is 5.08. The van der Waals surface area contributed by atoms with Gasteiger partial charge in [0.1, 0.15) is 6.10 Å². The van der Waals surface area contributed by atoms with Crippen molar-refractivity contribution >= 4 is 5.97 Å². The quantitative estimate of drug-likeness (QED) is 0.109. The van der Waals surface area contributed by atoms with Gasteiger partial charge in [-0.15, -0.1) is 0 Å². The highest BCUT2D eigenvalue weighted by atomic mass is 16.7. The van der Waals surface area contributed by atoms with Crippen molar-refractivity contribution in [3.05, 3.63) is 48.0 Å². The topological polar surface area (TPSA) is 63.2 Å². The van der Waals surface area contributed by atoms with Gasteiger partial charge in [0.15, 0.2) is 12.6 Å². The molecule has 1 aromatic carbocycles. The van der Waals surface area contributed by atoms with Gasteiger partial charge < -0.3 is 23.7 Å². The van der Waals surface area contributed by atoms with Crippen LogP contribution in [0.2, 0.25) is 0 Å². The van der Waals surface area contributed by atoms with Gasteiger partial charge in [-0.05, 0) is 45.1 Å². The standard InChI is InChI=1S/C30H46O6/c1-5-7-18-32-22(3)34-25(15-14-24-12-10-9-11-13-24)16-17-26-27-20-30(31)36-29(27)21-28(26)35-23(4)33-19-8-6-2/h9-13,16-17,22-23,25-29H,5-8,14-15,18-21H2,1-4H3/b17-16+/t22?,23?,25?,26-,27-,28-,29+/m1/s1. The van der Waals surface area contributed by atoms with Crippen LogP contribution in [0.15, 0.2) is 42.5 Å². The van der Waals surface area contributed by atoms with Crippen LogP contribution in [0.4, 0.5) is 0 Å². The Labute approximate surface area is 217 Å². The molecule has 36 heavy (non-hydrogen) atoms. The predicted molar refractivity (Wildman–Crippen MR) is 140 cm³/mol. The van der Waals surface area contributed by atoms with Crippen molar-refractivity contribution in [3.8, 4) is 0 Å². The number of carbonyl (C=O) groups excluding carboxylic acids is 1. The molecule has 1 aliphatic heterocycles. The molecule has 1 aromatic rings. The maximum absolute atomic E-state index is 12.0. The highest BCUT2D eigenvalue weighted by Crippen LogP contribution is 2.44. The average molecular weight is 503 g/mol. The lowest BCUT2D eigenvalue weighted by atomic mass is 9.91. The van der Waals surface area contributed by atoms with E-state index in [1.54, 1.807) is 0 Å². The summed E-state index contributed by atoms with van der Waals surface area (Å²) in [6, 6.07) is 10.5. The fourth-order valence-electron chi connectivity index (χ4n) is 5.08. The summed E-state index contributed by atoms with van der Waals surface area (Å²) in [4.78, 5) is 12.0. The molecule has 2 aliphatic rings. The van der Waals surface area contributed by atoms with Gasteiger partial charge in [0.05, 0.1) is 18.6 Å². The summed E-state index contributed by atoms with van der Waals surface area (Å²) in [6.45, 7) is 9.62. The highest BCUT2D eigenvalue weighted by Gasteiger charge is 2.50. The first-order valence-electron chi connectivity index (χ1n) is 14.0. The van der Waals surface area contributed by atoms with Crippen LogP contribution in [0.5, 0.6) is 0 Å². The zero-order valence-electron chi connectivity index (χ0n) is 22.6. The summed E-state index contributed by atoms with van der Waals surface area (Å²) in [5.41, 5.74) is 1.29. The monoisotopic (exact) mass is 502 g/mol. The SMILES string of the molecule is CCCCOC(C)OC(/C=C/[C@@H]1[C@H]2CC(=O)O[C@H]2C[C@H]1OC(C)OCCCC)CCc1ccccc1. The lowest BCUT2D eigenvalue weighted by molar-refractivity contribution is -0.169. The van der Waals surface area contributed by atoms with Gasteiger partial charge in [0, 0.05) is 31.5 Å². The number of esters is 1. The number of hydrogen-bond acceptors (Lipinski definition) is 6. The number of rotatable bonds is 17. The molecule has 6 heteroatoms. The van der Waals surface area contributed by atoms with Gasteiger partial charge >= 0.3 is 5.97 Å². The first-order valence-corrected chi connectivity index (χ1v) is 14.0. The third kappa shape index (κ3) is 9.29. The summed E-state index contributed by atoms with van der Waals surface area (Å²) in [5.74, 6) is 0.108. The van der Waals surface area contributed by atoms with Gasteiger partial charge in [-0.1, -0.05) is 69.2 Å². The van der Waals surface area contributed by atoms with Crippen LogP contribution in [0.25, 0.3) is 0 Å². The highest BCUT2D eigenvalue weighted by molar-refractivity contribution is 5.72. The van der Waals surface area contributed by atoms with Crippen molar-refractivity contribution in [2.75, 3.05) is 13.2 Å². The van der Waals surface area contributed by atoms with E-state index in [1.165, 1.54) is 5.56 Å². The van der Waals surface area contributed by atoms with Crippen LogP contribution >= 0.6 is 0 Å². The van der Waals surface area contributed by atoms with E-state index in [9.17, 15) is 4.79 Å². The normalized spacial score (nSPS) is 26.2. The largest absolute Gasteiger partial charge is 0.462 e. The average Bonchev–Trinajstić information content (AvgIpc) is 3.37. The Morgan fingerprint density at radius 2 is 1.72 bits per heavy atom. The molecule has 0 N–H and O–H groups in total. The van der Waals surface area contributed by atoms with Gasteiger partial charge in [0.2, 0.25) is 0 Å². The molecule has 2 fully saturated rings. The third-order valence-corrected chi connectivity index (χ3v) is 7.09. The van der Waals surface area contributed by atoms with Gasteiger partial charge in [-0.25, -0.2) is 0 Å². The van der Waals surface area contributed by atoms with Crippen LogP contribution in [0, 0.1) is 11.8 Å². The summed E-state index contributed by atoms with van der Waals surface area (Å²) >= 11 is 0. The molecule has 0 amide bonds. The van der Waals surface area contributed by atoms with Crippen molar-refractivity contribution < 1.29 is 28.5 Å². The van der Waals surface area contributed by atoms with Crippen LogP contribution in [0.3, 0.4) is 0 Å². The molecule has 3 unspecified atom stereocenters. The summed E-state index contributed by atoms with van der Waals surface area (Å²) < 4.78 is 30.0. The number of fused-ring (bicyclic) bond motifs is 1. The molecule has 1 aliphatic carbocycles. The van der Waals surface area contributed by atoms with Gasteiger partial charge in [-0.2, -0.15) is 0 Å². The minimum Gasteiger partial charge on any atom is -0.462 e. The van der Waals surface area contributed by atoms with Crippen molar-refractivity contribution in [2.45, 2.75) is 110 Å². The summed E-state index contributed by atoms with van der Waals surface area (Å²) in [5, 5.41) is 0. The van der Waals surface area contributed by atoms with Crippen LogP contribution in [-0.4, -0.2) is 50.1 Å². The maximum Gasteiger partial charge on any atom is 0.306 e. The first kappa shape index (κ1) is 28.8. The second kappa shape index (κ2) is 15.5. The number of unbranched alkanes of at least 4 members (excludes halogenated alkanes) is 2. The molecule has 1 saturated heterocycles. The molecule has 3 rings (SSSR count). The van der Waals surface area contributed by atoms with E-state index in [0.717, 1.165) is 38.5 Å². The summed E-state index contributed by atoms with van der Waals surface area (Å²) in [6.07, 6.45) is 10.7. The minimum atomic E-state index is -0.288. The molecule has 6 nitrogen and oxygen atoms in total. The Balaban J connectivity index is 1.67. The number of aryl methyl sites for hydroxylation is 1. The fraction of sp³-hybridized carbons (Fsp3) is 0.700. The zero-order valence-corrected chi connectivity index (χ0v) is 22.6. The predicted octanol–water partition coefficient (Wildman–Crippen LogP) is 6.22. The molecule has 0 radical (unpaired) electrons. The van der Waals surface area contributed by atoms with Crippen LogP contribution in [-0.2, 0) is 34.9 Å². The van der Waals surface area contributed by atoms with E-state index in [0.29, 0.717) is 26.1 Å². The van der Waals surface area contributed by atoms with E-state index >= 15 is 0 Å². The number of ether oxygens (including phenoxy) is 5. The smallest absolute Gasteiger partial charge is 0.306 e. The Bertz CT molecular complexity index is 781. The van der Waals surface area contributed by atoms with Crippen LogP contribution < -0.4 is 0 Å². The van der Waals surface area contributed by atoms with E-state index < -0.39 is 0 Å². The third-order valence-electron chi connectivity index (χ3n) is 7.09. The first-order chi connectivity index (χ1) is 17.5. The van der Waals surface area contributed by atoms with Crippen molar-refractivity contribution in [1.82, 2.24) is 0 Å². The Morgan fingerprint density at radius 1 is 1.03 bits per heavy atom. The zero-order chi connectivity index (χ0) is 25.8. The Morgan fingerprint density at radius 3 is 2.42 bits per heavy atom. The van der Waals surface area contributed by atoms with Gasteiger partial charge in [-0.3, -0.25) is 4.79 Å². The van der Waals surface area contributed by atoms with E-state index in [-0.39, 0.29) is 48.7 Å². The van der Waals surface area contributed by atoms with E-state index in [1.807, 2.05) is 19.9 Å². The van der Waals surface area contributed by atoms with E-state index in [4.69, 9.17) is 23.7 Å². The maximum atomic E-state index is 12.0.